The molecule has 166 valence electrons. The first kappa shape index (κ1) is 22.7. The fourth-order valence-corrected chi connectivity index (χ4v) is 2.83. The van der Waals surface area contributed by atoms with Gasteiger partial charge < -0.3 is 14.2 Å². The number of para-hydroxylation sites is 1. The van der Waals surface area contributed by atoms with Crippen LogP contribution in [0.25, 0.3) is 0 Å². The summed E-state index contributed by atoms with van der Waals surface area (Å²) in [6.45, 7) is 5.42. The molecule has 3 aromatic rings. The van der Waals surface area contributed by atoms with E-state index >= 15 is 0 Å². The van der Waals surface area contributed by atoms with E-state index in [9.17, 15) is 9.59 Å². The average Bonchev–Trinajstić information content (AvgIpc) is 2.75. The van der Waals surface area contributed by atoms with Crippen molar-refractivity contribution in [3.63, 3.8) is 0 Å². The number of hydrogen-bond acceptors (Lipinski definition) is 5. The summed E-state index contributed by atoms with van der Waals surface area (Å²) in [5.74, 6) is 1.12. The molecule has 0 heterocycles. The number of hydrogen-bond donors (Lipinski definition) is 1. The molecule has 32 heavy (non-hydrogen) atoms. The molecule has 0 saturated heterocycles. The predicted molar refractivity (Wildman–Crippen MR) is 124 cm³/mol. The zero-order valence-electron chi connectivity index (χ0n) is 18.5. The Morgan fingerprint density at radius 2 is 1.34 bits per heavy atom. The summed E-state index contributed by atoms with van der Waals surface area (Å²) >= 11 is 0. The highest BCUT2D eigenvalue weighted by molar-refractivity contribution is 5.96. The Balaban J connectivity index is 1.79. The molecule has 0 atom stereocenters. The number of nitrogens with zero attached hydrogens (tertiary/aromatic N) is 1. The normalized spacial score (nSPS) is 10.8. The molecule has 0 aliphatic rings. The van der Waals surface area contributed by atoms with Crippen molar-refractivity contribution in [1.29, 1.82) is 0 Å². The summed E-state index contributed by atoms with van der Waals surface area (Å²) < 4.78 is 16.0. The molecule has 7 nitrogen and oxygen atoms in total. The first-order valence-corrected chi connectivity index (χ1v) is 10.1. The highest BCUT2D eigenvalue weighted by atomic mass is 16.6. The van der Waals surface area contributed by atoms with Gasteiger partial charge in [0.05, 0.1) is 18.5 Å². The van der Waals surface area contributed by atoms with E-state index in [1.807, 2.05) is 26.8 Å². The largest absolute Gasteiger partial charge is 0.497 e. The first-order valence-electron chi connectivity index (χ1n) is 10.1. The van der Waals surface area contributed by atoms with Crippen LogP contribution in [0.3, 0.4) is 0 Å². The molecule has 0 radical (unpaired) electrons. The zero-order valence-corrected chi connectivity index (χ0v) is 18.5. The van der Waals surface area contributed by atoms with Gasteiger partial charge in [-0.05, 0) is 81.4 Å². The predicted octanol–water partition coefficient (Wildman–Crippen LogP) is 6.38. The van der Waals surface area contributed by atoms with Crippen LogP contribution in [-0.4, -0.2) is 24.9 Å². The number of benzene rings is 3. The van der Waals surface area contributed by atoms with Crippen molar-refractivity contribution in [3.05, 3.63) is 78.9 Å². The number of amides is 2. The molecule has 0 saturated carbocycles. The van der Waals surface area contributed by atoms with Gasteiger partial charge in [-0.3, -0.25) is 5.32 Å². The summed E-state index contributed by atoms with van der Waals surface area (Å²) in [5.41, 5.74) is 1.05. The summed E-state index contributed by atoms with van der Waals surface area (Å²) in [4.78, 5) is 26.5. The summed E-state index contributed by atoms with van der Waals surface area (Å²) in [6, 6.07) is 22.6. The second-order valence-corrected chi connectivity index (χ2v) is 7.89. The maximum Gasteiger partial charge on any atom is 0.419 e. The molecule has 3 aromatic carbocycles. The molecule has 3 rings (SSSR count). The quantitative estimate of drug-likeness (QED) is 0.504. The summed E-state index contributed by atoms with van der Waals surface area (Å²) in [6.07, 6.45) is -1.13. The molecular formula is C25H26N2O5. The fourth-order valence-electron chi connectivity index (χ4n) is 2.83. The third-order valence-corrected chi connectivity index (χ3v) is 4.23. The van der Waals surface area contributed by atoms with Crippen LogP contribution >= 0.6 is 0 Å². The van der Waals surface area contributed by atoms with E-state index in [2.05, 4.69) is 5.32 Å². The molecular weight excluding hydrogens is 408 g/mol. The van der Waals surface area contributed by atoms with Gasteiger partial charge in [-0.15, -0.1) is 0 Å². The number of carbonyl (C=O) groups excluding carboxylic acids is 2. The molecule has 0 aliphatic heterocycles. The highest BCUT2D eigenvalue weighted by Crippen LogP contribution is 2.30. The smallest absolute Gasteiger partial charge is 0.419 e. The molecule has 2 amide bonds. The summed E-state index contributed by atoms with van der Waals surface area (Å²) in [5, 5.41) is 2.67. The van der Waals surface area contributed by atoms with E-state index < -0.39 is 17.8 Å². The van der Waals surface area contributed by atoms with Crippen LogP contribution in [0.4, 0.5) is 26.7 Å². The number of carbonyl (C=O) groups is 2. The van der Waals surface area contributed by atoms with Crippen molar-refractivity contribution in [1.82, 2.24) is 0 Å². The summed E-state index contributed by atoms with van der Waals surface area (Å²) in [7, 11) is 1.58. The van der Waals surface area contributed by atoms with Crippen LogP contribution in [0.5, 0.6) is 11.5 Å². The van der Waals surface area contributed by atoms with Crippen molar-refractivity contribution >= 4 is 29.2 Å². The Morgan fingerprint density at radius 1 is 0.781 bits per heavy atom. The van der Waals surface area contributed by atoms with Gasteiger partial charge in [-0.2, -0.15) is 0 Å². The van der Waals surface area contributed by atoms with Gasteiger partial charge in [-0.1, -0.05) is 18.2 Å². The Hall–Kier alpha value is -4.00. The highest BCUT2D eigenvalue weighted by Gasteiger charge is 2.25. The van der Waals surface area contributed by atoms with Gasteiger partial charge in [0.15, 0.2) is 0 Å². The topological polar surface area (TPSA) is 77.1 Å². The Labute approximate surface area is 187 Å². The zero-order chi connectivity index (χ0) is 23.1. The minimum Gasteiger partial charge on any atom is -0.497 e. The van der Waals surface area contributed by atoms with Crippen LogP contribution in [0.1, 0.15) is 20.8 Å². The maximum absolute atomic E-state index is 13.0. The van der Waals surface area contributed by atoms with E-state index in [1.54, 1.807) is 79.9 Å². The molecule has 1 N–H and O–H groups in total. The number of anilines is 3. The lowest BCUT2D eigenvalue weighted by Gasteiger charge is -2.27. The van der Waals surface area contributed by atoms with Crippen molar-refractivity contribution < 1.29 is 23.8 Å². The van der Waals surface area contributed by atoms with Gasteiger partial charge >= 0.3 is 12.2 Å². The minimum absolute atomic E-state index is 0.442. The van der Waals surface area contributed by atoms with Gasteiger partial charge in [0.2, 0.25) is 0 Å². The molecule has 7 heteroatoms. The number of methoxy groups -OCH3 is 1. The van der Waals surface area contributed by atoms with Crippen molar-refractivity contribution in [2.24, 2.45) is 0 Å². The minimum atomic E-state index is -0.662. The van der Waals surface area contributed by atoms with E-state index in [1.165, 1.54) is 4.90 Å². The molecule has 0 unspecified atom stereocenters. The standard InChI is InChI=1S/C25H26N2O5/c1-25(2,3)32-24(29)27(20-14-16-21(30-4)17-15-20)19-12-10-18(11-13-19)26-23(28)31-22-8-6-5-7-9-22/h5-17H,1-4H3,(H,26,28). The van der Waals surface area contributed by atoms with Crippen LogP contribution in [-0.2, 0) is 4.74 Å². The van der Waals surface area contributed by atoms with Crippen LogP contribution in [0.15, 0.2) is 78.9 Å². The van der Waals surface area contributed by atoms with E-state index in [4.69, 9.17) is 14.2 Å². The monoisotopic (exact) mass is 434 g/mol. The van der Waals surface area contributed by atoms with Crippen LogP contribution < -0.4 is 19.7 Å². The van der Waals surface area contributed by atoms with Crippen molar-refractivity contribution in [3.8, 4) is 11.5 Å². The second-order valence-electron chi connectivity index (χ2n) is 7.89. The first-order chi connectivity index (χ1) is 15.2. The average molecular weight is 434 g/mol. The number of nitrogens with one attached hydrogen (secondary N) is 1. The Bertz CT molecular complexity index is 1040. The molecule has 0 bridgehead atoms. The second kappa shape index (κ2) is 9.87. The Morgan fingerprint density at radius 3 is 1.88 bits per heavy atom. The number of ether oxygens (including phenoxy) is 3. The SMILES string of the molecule is COc1ccc(N(C(=O)OC(C)(C)C)c2ccc(NC(=O)Oc3ccccc3)cc2)cc1. The van der Waals surface area contributed by atoms with Gasteiger partial charge in [0.1, 0.15) is 17.1 Å². The third kappa shape index (κ3) is 6.25. The number of rotatable bonds is 5. The van der Waals surface area contributed by atoms with Gasteiger partial charge in [-0.25, -0.2) is 14.5 Å². The van der Waals surface area contributed by atoms with E-state index in [0.29, 0.717) is 28.6 Å². The molecule has 0 spiro atoms. The molecule has 0 fully saturated rings. The fraction of sp³-hybridized carbons (Fsp3) is 0.200. The van der Waals surface area contributed by atoms with Crippen molar-refractivity contribution in [2.75, 3.05) is 17.3 Å². The van der Waals surface area contributed by atoms with Crippen LogP contribution in [0, 0.1) is 0 Å². The van der Waals surface area contributed by atoms with E-state index in [-0.39, 0.29) is 0 Å². The van der Waals surface area contributed by atoms with Gasteiger partial charge in [0.25, 0.3) is 0 Å². The third-order valence-electron chi connectivity index (χ3n) is 4.23. The van der Waals surface area contributed by atoms with Gasteiger partial charge in [0, 0.05) is 5.69 Å². The lowest BCUT2D eigenvalue weighted by Crippen LogP contribution is -2.33. The Kier molecular flexibility index (Phi) is 7.00. The maximum atomic E-state index is 13.0. The molecule has 0 aromatic heterocycles. The van der Waals surface area contributed by atoms with E-state index in [0.717, 1.165) is 0 Å². The lowest BCUT2D eigenvalue weighted by molar-refractivity contribution is 0.0599. The molecule has 0 aliphatic carbocycles. The lowest BCUT2D eigenvalue weighted by atomic mass is 10.2. The van der Waals surface area contributed by atoms with Crippen molar-refractivity contribution in [2.45, 2.75) is 26.4 Å². The van der Waals surface area contributed by atoms with Crippen LogP contribution in [0.2, 0.25) is 0 Å².